The van der Waals surface area contributed by atoms with E-state index in [0.29, 0.717) is 5.75 Å². The summed E-state index contributed by atoms with van der Waals surface area (Å²) in [4.78, 5) is 9.93. The lowest BCUT2D eigenvalue weighted by molar-refractivity contribution is -0.131. The molecule has 0 aromatic rings. The van der Waals surface area contributed by atoms with Crippen molar-refractivity contribution in [1.82, 2.24) is 4.31 Å². The van der Waals surface area contributed by atoms with Crippen molar-refractivity contribution in [2.75, 3.05) is 19.8 Å². The number of nitrogens with zero attached hydrogens (tertiary/aromatic N) is 1. The van der Waals surface area contributed by atoms with E-state index in [1.807, 2.05) is 18.4 Å². The second-order valence-corrected chi connectivity index (χ2v) is 3.17. The molecule has 0 amide bonds. The van der Waals surface area contributed by atoms with Crippen LogP contribution < -0.4 is 0 Å². The normalized spacial score (nSPS) is 11.1. The van der Waals surface area contributed by atoms with Crippen molar-refractivity contribution in [3.05, 3.63) is 12.2 Å². The summed E-state index contributed by atoms with van der Waals surface area (Å²) in [6.45, 7) is 0. The molecule has 10 heavy (non-hydrogen) atoms. The lowest BCUT2D eigenvalue weighted by Gasteiger charge is -2.03. The van der Waals surface area contributed by atoms with Gasteiger partial charge >= 0.3 is 5.97 Å². The van der Waals surface area contributed by atoms with Crippen LogP contribution in [-0.2, 0) is 4.79 Å². The minimum Gasteiger partial charge on any atom is -0.478 e. The number of rotatable bonds is 4. The zero-order chi connectivity index (χ0) is 7.98. The van der Waals surface area contributed by atoms with Crippen molar-refractivity contribution in [2.45, 2.75) is 0 Å². The van der Waals surface area contributed by atoms with E-state index in [1.165, 1.54) is 0 Å². The second kappa shape index (κ2) is 5.32. The summed E-state index contributed by atoms with van der Waals surface area (Å²) in [5.74, 6) is -0.182. The third kappa shape index (κ3) is 7.52. The third-order valence-electron chi connectivity index (χ3n) is 0.689. The minimum atomic E-state index is -0.889. The molecular formula is C6H11NO2S. The highest BCUT2D eigenvalue weighted by molar-refractivity contribution is 7.97. The van der Waals surface area contributed by atoms with Crippen LogP contribution in [0.3, 0.4) is 0 Å². The number of aliphatic carboxylic acids is 1. The van der Waals surface area contributed by atoms with Crippen molar-refractivity contribution >= 4 is 17.9 Å². The zero-order valence-electron chi connectivity index (χ0n) is 6.07. The summed E-state index contributed by atoms with van der Waals surface area (Å²) in [5, 5.41) is 8.17. The summed E-state index contributed by atoms with van der Waals surface area (Å²) in [6.07, 6.45) is 2.77. The van der Waals surface area contributed by atoms with Gasteiger partial charge in [0.25, 0.3) is 0 Å². The molecule has 0 aromatic carbocycles. The van der Waals surface area contributed by atoms with Crippen LogP contribution in [0.25, 0.3) is 0 Å². The molecule has 0 bridgehead atoms. The Kier molecular flexibility index (Phi) is 5.06. The Morgan fingerprint density at radius 3 is 2.70 bits per heavy atom. The van der Waals surface area contributed by atoms with E-state index < -0.39 is 5.97 Å². The number of carbonyl (C=O) groups is 1. The van der Waals surface area contributed by atoms with Crippen LogP contribution in [0.4, 0.5) is 0 Å². The van der Waals surface area contributed by atoms with Crippen LogP contribution in [0.5, 0.6) is 0 Å². The van der Waals surface area contributed by atoms with Gasteiger partial charge in [-0.15, -0.1) is 0 Å². The maximum absolute atomic E-state index is 9.93. The minimum absolute atomic E-state index is 0.708. The molecule has 3 nitrogen and oxygen atoms in total. The lowest BCUT2D eigenvalue weighted by Crippen LogP contribution is -1.99. The van der Waals surface area contributed by atoms with E-state index >= 15 is 0 Å². The van der Waals surface area contributed by atoms with E-state index in [2.05, 4.69) is 0 Å². The standard InChI is InChI=1S/C6H11NO2S/c1-7(2)10-5-3-4-6(8)9/h3-4H,5H2,1-2H3,(H,8,9)/b4-3+. The summed E-state index contributed by atoms with van der Waals surface area (Å²) >= 11 is 1.56. The van der Waals surface area contributed by atoms with Gasteiger partial charge in [-0.25, -0.2) is 4.79 Å². The molecule has 0 fully saturated rings. The third-order valence-corrected chi connectivity index (χ3v) is 1.55. The van der Waals surface area contributed by atoms with Crippen molar-refractivity contribution < 1.29 is 9.90 Å². The molecular weight excluding hydrogens is 150 g/mol. The molecule has 0 aliphatic rings. The highest BCUT2D eigenvalue weighted by Gasteiger charge is 1.87. The van der Waals surface area contributed by atoms with Gasteiger partial charge in [-0.05, 0) is 14.1 Å². The average Bonchev–Trinajstić information content (AvgIpc) is 1.79. The molecule has 0 aliphatic heterocycles. The van der Waals surface area contributed by atoms with Gasteiger partial charge < -0.3 is 5.11 Å². The van der Waals surface area contributed by atoms with Crippen molar-refractivity contribution in [3.63, 3.8) is 0 Å². The van der Waals surface area contributed by atoms with E-state index in [1.54, 1.807) is 18.0 Å². The lowest BCUT2D eigenvalue weighted by atomic mass is 10.5. The van der Waals surface area contributed by atoms with Crippen molar-refractivity contribution in [2.24, 2.45) is 0 Å². The molecule has 0 aromatic heterocycles. The topological polar surface area (TPSA) is 40.5 Å². The Balaban J connectivity index is 3.27. The number of hydrogen-bond donors (Lipinski definition) is 1. The SMILES string of the molecule is CN(C)SC/C=C/C(=O)O. The fourth-order valence-electron chi connectivity index (χ4n) is 0.341. The fourth-order valence-corrected chi connectivity index (χ4v) is 0.821. The predicted molar refractivity (Wildman–Crippen MR) is 42.9 cm³/mol. The van der Waals surface area contributed by atoms with Crippen LogP contribution in [0.15, 0.2) is 12.2 Å². The first-order valence-corrected chi connectivity index (χ1v) is 3.77. The van der Waals surface area contributed by atoms with Crippen LogP contribution in [-0.4, -0.2) is 35.2 Å². The number of carboxylic acid groups (broad SMARTS) is 1. The van der Waals surface area contributed by atoms with Gasteiger partial charge in [0.05, 0.1) is 0 Å². The van der Waals surface area contributed by atoms with Crippen molar-refractivity contribution in [1.29, 1.82) is 0 Å². The van der Waals surface area contributed by atoms with E-state index in [9.17, 15) is 4.79 Å². The fraction of sp³-hybridized carbons (Fsp3) is 0.500. The Morgan fingerprint density at radius 1 is 1.70 bits per heavy atom. The Labute approximate surface area is 64.8 Å². The highest BCUT2D eigenvalue weighted by Crippen LogP contribution is 2.01. The smallest absolute Gasteiger partial charge is 0.328 e. The molecule has 0 atom stereocenters. The molecule has 0 saturated heterocycles. The van der Waals surface area contributed by atoms with Crippen molar-refractivity contribution in [3.8, 4) is 0 Å². The van der Waals surface area contributed by atoms with Crippen LogP contribution >= 0.6 is 11.9 Å². The molecule has 0 heterocycles. The molecule has 1 N–H and O–H groups in total. The largest absolute Gasteiger partial charge is 0.478 e. The van der Waals surface area contributed by atoms with Gasteiger partial charge in [0.15, 0.2) is 0 Å². The highest BCUT2D eigenvalue weighted by atomic mass is 32.2. The van der Waals surface area contributed by atoms with Gasteiger partial charge in [-0.3, -0.25) is 4.31 Å². The van der Waals surface area contributed by atoms with Gasteiger partial charge in [0.1, 0.15) is 0 Å². The molecule has 0 unspecified atom stereocenters. The van der Waals surface area contributed by atoms with Gasteiger partial charge in [0.2, 0.25) is 0 Å². The van der Waals surface area contributed by atoms with Gasteiger partial charge in [-0.1, -0.05) is 18.0 Å². The van der Waals surface area contributed by atoms with E-state index in [4.69, 9.17) is 5.11 Å². The van der Waals surface area contributed by atoms with Gasteiger partial charge in [0, 0.05) is 11.8 Å². The van der Waals surface area contributed by atoms with Crippen LogP contribution in [0, 0.1) is 0 Å². The first-order chi connectivity index (χ1) is 4.63. The van der Waals surface area contributed by atoms with E-state index in [-0.39, 0.29) is 0 Å². The molecule has 0 radical (unpaired) electrons. The number of carboxylic acids is 1. The molecule has 0 spiro atoms. The Morgan fingerprint density at radius 2 is 2.30 bits per heavy atom. The summed E-state index contributed by atoms with van der Waals surface area (Å²) in [6, 6.07) is 0. The summed E-state index contributed by atoms with van der Waals surface area (Å²) in [5.41, 5.74) is 0. The first-order valence-electron chi connectivity index (χ1n) is 2.82. The second-order valence-electron chi connectivity index (χ2n) is 1.85. The summed E-state index contributed by atoms with van der Waals surface area (Å²) in [7, 11) is 3.83. The first kappa shape index (κ1) is 9.52. The van der Waals surface area contributed by atoms with Gasteiger partial charge in [-0.2, -0.15) is 0 Å². The predicted octanol–water partition coefficient (Wildman–Crippen LogP) is 0.837. The monoisotopic (exact) mass is 161 g/mol. The maximum Gasteiger partial charge on any atom is 0.328 e. The quantitative estimate of drug-likeness (QED) is 0.490. The number of hydrogen-bond acceptors (Lipinski definition) is 3. The zero-order valence-corrected chi connectivity index (χ0v) is 6.89. The van der Waals surface area contributed by atoms with Crippen LogP contribution in [0.1, 0.15) is 0 Å². The van der Waals surface area contributed by atoms with Crippen LogP contribution in [0.2, 0.25) is 0 Å². The molecule has 0 rings (SSSR count). The Hall–Kier alpha value is -0.480. The average molecular weight is 161 g/mol. The summed E-state index contributed by atoms with van der Waals surface area (Å²) < 4.78 is 1.92. The molecule has 0 aliphatic carbocycles. The molecule has 0 saturated carbocycles. The maximum atomic E-state index is 9.93. The molecule has 58 valence electrons. The Bertz CT molecular complexity index is 134. The molecule has 4 heteroatoms. The van der Waals surface area contributed by atoms with E-state index in [0.717, 1.165) is 6.08 Å².